The van der Waals surface area contributed by atoms with Gasteiger partial charge in [0.2, 0.25) is 0 Å². The Bertz CT molecular complexity index is 1480. The molecule has 3 aromatic heterocycles. The van der Waals surface area contributed by atoms with E-state index in [1.54, 1.807) is 0 Å². The maximum Gasteiger partial charge on any atom is 0.143 e. The van der Waals surface area contributed by atoms with Gasteiger partial charge in [0.25, 0.3) is 0 Å². The summed E-state index contributed by atoms with van der Waals surface area (Å²) in [6.45, 7) is 11.2. The number of ketones is 1. The minimum absolute atomic E-state index is 0.0770. The summed E-state index contributed by atoms with van der Waals surface area (Å²) in [7, 11) is 0. The molecule has 0 unspecified atom stereocenters. The monoisotopic (exact) mass is 526 g/mol. The number of Topliss-reactive ketones (excluding diaryl/α,β-unsaturated/α-hetero) is 1. The van der Waals surface area contributed by atoms with E-state index in [1.165, 1.54) is 0 Å². The molecular formula is C31H34N4O4. The van der Waals surface area contributed by atoms with E-state index in [9.17, 15) is 4.79 Å². The topological polar surface area (TPSA) is 82.1 Å². The van der Waals surface area contributed by atoms with Crippen LogP contribution in [0.5, 0.6) is 5.75 Å². The van der Waals surface area contributed by atoms with E-state index >= 15 is 0 Å². The van der Waals surface area contributed by atoms with Crippen LogP contribution in [0.2, 0.25) is 0 Å². The minimum atomic E-state index is -0.137. The zero-order valence-electron chi connectivity index (χ0n) is 22.8. The van der Waals surface area contributed by atoms with Crippen molar-refractivity contribution in [1.82, 2.24) is 19.4 Å². The lowest BCUT2D eigenvalue weighted by molar-refractivity contribution is -0.117. The third kappa shape index (κ3) is 7.34. The Hall–Kier alpha value is -3.93. The van der Waals surface area contributed by atoms with E-state index in [0.717, 1.165) is 61.1 Å². The van der Waals surface area contributed by atoms with Gasteiger partial charge in [0.05, 0.1) is 25.3 Å². The van der Waals surface area contributed by atoms with Crippen LogP contribution in [0.1, 0.15) is 49.0 Å². The molecule has 0 saturated carbocycles. The number of fused-ring (bicyclic) bond motifs is 1. The van der Waals surface area contributed by atoms with Gasteiger partial charge in [0.1, 0.15) is 35.2 Å². The fourth-order valence-corrected chi connectivity index (χ4v) is 4.32. The van der Waals surface area contributed by atoms with Crippen LogP contribution in [0.4, 0.5) is 0 Å². The first-order chi connectivity index (χ1) is 18.8. The van der Waals surface area contributed by atoms with Crippen LogP contribution in [0.3, 0.4) is 0 Å². The molecular weight excluding hydrogens is 492 g/mol. The maximum absolute atomic E-state index is 12.6. The summed E-state index contributed by atoms with van der Waals surface area (Å²) in [6, 6.07) is 13.5. The summed E-state index contributed by atoms with van der Waals surface area (Å²) >= 11 is 0. The highest BCUT2D eigenvalue weighted by Gasteiger charge is 2.20. The quantitative estimate of drug-likeness (QED) is 0.320. The van der Waals surface area contributed by atoms with Crippen LogP contribution in [0.15, 0.2) is 59.4 Å². The molecule has 4 aromatic rings. The molecule has 0 spiro atoms. The molecule has 1 saturated heterocycles. The van der Waals surface area contributed by atoms with E-state index in [1.807, 2.05) is 59.3 Å². The number of aromatic nitrogens is 3. The first-order valence-corrected chi connectivity index (χ1v) is 13.3. The molecule has 0 aliphatic carbocycles. The molecule has 0 bridgehead atoms. The SMILES string of the molecule is CC(C)(C)c1cc(CC(=O)Cc2ccn3cc(C#Cc4ccc(OCCN5CCOCC5)cc4)nc3c2)no1. The number of carbonyl (C=O) groups is 1. The predicted octanol–water partition coefficient (Wildman–Crippen LogP) is 4.08. The Morgan fingerprint density at radius 3 is 2.59 bits per heavy atom. The van der Waals surface area contributed by atoms with Crippen LogP contribution in [0, 0.1) is 11.8 Å². The zero-order valence-corrected chi connectivity index (χ0v) is 22.8. The molecule has 1 aromatic carbocycles. The van der Waals surface area contributed by atoms with E-state index in [-0.39, 0.29) is 17.6 Å². The summed E-state index contributed by atoms with van der Waals surface area (Å²) in [5.74, 6) is 8.00. The second-order valence-electron chi connectivity index (χ2n) is 10.8. The molecule has 1 fully saturated rings. The van der Waals surface area contributed by atoms with Gasteiger partial charge in [0.15, 0.2) is 0 Å². The van der Waals surface area contributed by atoms with E-state index in [2.05, 4.69) is 47.7 Å². The lowest BCUT2D eigenvalue weighted by Gasteiger charge is -2.26. The third-order valence-electron chi connectivity index (χ3n) is 6.57. The van der Waals surface area contributed by atoms with Gasteiger partial charge in [-0.3, -0.25) is 9.69 Å². The van der Waals surface area contributed by atoms with Gasteiger partial charge in [-0.1, -0.05) is 31.8 Å². The molecule has 0 N–H and O–H groups in total. The molecule has 0 radical (unpaired) electrons. The number of benzene rings is 1. The summed E-state index contributed by atoms with van der Waals surface area (Å²) in [4.78, 5) is 19.6. The van der Waals surface area contributed by atoms with Crippen molar-refractivity contribution in [2.24, 2.45) is 0 Å². The number of nitrogens with zero attached hydrogens (tertiary/aromatic N) is 4. The highest BCUT2D eigenvalue weighted by molar-refractivity contribution is 5.83. The van der Waals surface area contributed by atoms with Crippen molar-refractivity contribution in [3.8, 4) is 17.6 Å². The first-order valence-electron chi connectivity index (χ1n) is 13.3. The minimum Gasteiger partial charge on any atom is -0.492 e. The van der Waals surface area contributed by atoms with Crippen molar-refractivity contribution >= 4 is 11.4 Å². The van der Waals surface area contributed by atoms with Crippen LogP contribution < -0.4 is 4.74 Å². The molecule has 0 atom stereocenters. The Balaban J connectivity index is 1.15. The smallest absolute Gasteiger partial charge is 0.143 e. The fraction of sp³-hybridized carbons (Fsp3) is 0.387. The van der Waals surface area contributed by atoms with Gasteiger partial charge in [-0.15, -0.1) is 0 Å². The number of pyridine rings is 1. The molecule has 4 heterocycles. The Morgan fingerprint density at radius 2 is 1.85 bits per heavy atom. The molecule has 1 aliphatic heterocycles. The van der Waals surface area contributed by atoms with Crippen molar-refractivity contribution < 1.29 is 18.8 Å². The Labute approximate surface area is 228 Å². The molecule has 39 heavy (non-hydrogen) atoms. The third-order valence-corrected chi connectivity index (χ3v) is 6.57. The average molecular weight is 527 g/mol. The lowest BCUT2D eigenvalue weighted by Crippen LogP contribution is -2.38. The molecule has 8 nitrogen and oxygen atoms in total. The number of carbonyl (C=O) groups excluding carboxylic acids is 1. The van der Waals surface area contributed by atoms with Crippen LogP contribution in [-0.4, -0.2) is 64.7 Å². The maximum atomic E-state index is 12.6. The van der Waals surface area contributed by atoms with Gasteiger partial charge < -0.3 is 18.4 Å². The lowest BCUT2D eigenvalue weighted by atomic mass is 9.93. The molecule has 5 rings (SSSR count). The number of morpholine rings is 1. The fourth-order valence-electron chi connectivity index (χ4n) is 4.32. The Kier molecular flexibility index (Phi) is 8.10. The molecule has 8 heteroatoms. The van der Waals surface area contributed by atoms with Gasteiger partial charge >= 0.3 is 0 Å². The second kappa shape index (κ2) is 11.9. The summed E-state index contributed by atoms with van der Waals surface area (Å²) in [5, 5.41) is 4.06. The van der Waals surface area contributed by atoms with E-state index < -0.39 is 0 Å². The highest BCUT2D eigenvalue weighted by atomic mass is 16.5. The van der Waals surface area contributed by atoms with E-state index in [0.29, 0.717) is 24.4 Å². The average Bonchev–Trinajstić information content (AvgIpc) is 3.55. The molecule has 1 aliphatic rings. The van der Waals surface area contributed by atoms with Gasteiger partial charge in [-0.2, -0.15) is 0 Å². The van der Waals surface area contributed by atoms with Crippen LogP contribution in [0.25, 0.3) is 5.65 Å². The van der Waals surface area contributed by atoms with Crippen LogP contribution >= 0.6 is 0 Å². The normalized spacial score (nSPS) is 14.2. The van der Waals surface area contributed by atoms with Crippen molar-refractivity contribution in [1.29, 1.82) is 0 Å². The summed E-state index contributed by atoms with van der Waals surface area (Å²) in [6.07, 6.45) is 4.35. The molecule has 0 amide bonds. The second-order valence-corrected chi connectivity index (χ2v) is 10.8. The highest BCUT2D eigenvalue weighted by Crippen LogP contribution is 2.23. The Morgan fingerprint density at radius 1 is 1.05 bits per heavy atom. The first kappa shape index (κ1) is 26.7. The van der Waals surface area contributed by atoms with Crippen molar-refractivity contribution in [3.05, 3.63) is 83.1 Å². The number of hydrogen-bond donors (Lipinski definition) is 0. The standard InChI is InChI=1S/C31H34N4O4/c1-31(2,3)29-21-26(33-39-29)20-27(36)18-24-10-11-35-22-25(32-30(35)19-24)7-4-23-5-8-28(9-6-23)38-17-14-34-12-15-37-16-13-34/h5-6,8-11,19,21-22H,12-18,20H2,1-3H3. The number of rotatable bonds is 8. The zero-order chi connectivity index (χ0) is 27.2. The van der Waals surface area contributed by atoms with E-state index in [4.69, 9.17) is 14.0 Å². The summed E-state index contributed by atoms with van der Waals surface area (Å²) < 4.78 is 18.6. The largest absolute Gasteiger partial charge is 0.492 e. The number of hydrogen-bond acceptors (Lipinski definition) is 7. The number of ether oxygens (including phenoxy) is 2. The summed E-state index contributed by atoms with van der Waals surface area (Å²) in [5.41, 5.74) is 3.74. The van der Waals surface area contributed by atoms with Crippen LogP contribution in [-0.2, 0) is 27.8 Å². The van der Waals surface area contributed by atoms with Crippen molar-refractivity contribution in [2.45, 2.75) is 39.0 Å². The van der Waals surface area contributed by atoms with Gasteiger partial charge in [-0.05, 0) is 47.9 Å². The van der Waals surface area contributed by atoms with Gasteiger partial charge in [0, 0.05) is 55.5 Å². The van der Waals surface area contributed by atoms with Gasteiger partial charge in [-0.25, -0.2) is 4.98 Å². The van der Waals surface area contributed by atoms with Crippen molar-refractivity contribution in [2.75, 3.05) is 39.5 Å². The molecule has 202 valence electrons. The number of imidazole rings is 1. The van der Waals surface area contributed by atoms with Crippen molar-refractivity contribution in [3.63, 3.8) is 0 Å². The predicted molar refractivity (Wildman–Crippen MR) is 148 cm³/mol.